The molecule has 17 heavy (non-hydrogen) atoms. The lowest BCUT2D eigenvalue weighted by molar-refractivity contribution is 0.301. The first-order chi connectivity index (χ1) is 8.19. The summed E-state index contributed by atoms with van der Waals surface area (Å²) in [4.78, 5) is 2.26. The number of benzene rings is 1. The monoisotopic (exact) mass is 235 g/mol. The topological polar surface area (TPSA) is 23.5 Å². The second-order valence-electron chi connectivity index (χ2n) is 4.81. The maximum atomic E-state index is 9.10. The molecule has 0 spiro atoms. The van der Waals surface area contributed by atoms with Crippen LogP contribution in [0.1, 0.15) is 45.1 Å². The summed E-state index contributed by atoms with van der Waals surface area (Å²) in [5.41, 5.74) is 2.59. The number of anilines is 1. The lowest BCUT2D eigenvalue weighted by Crippen LogP contribution is -2.27. The molecule has 0 saturated heterocycles. The van der Waals surface area contributed by atoms with Crippen LogP contribution in [0.25, 0.3) is 0 Å². The Morgan fingerprint density at radius 2 is 1.76 bits per heavy atom. The molecule has 0 radical (unpaired) electrons. The van der Waals surface area contributed by atoms with Gasteiger partial charge in [-0.3, -0.25) is 0 Å². The molecule has 0 aliphatic rings. The fraction of sp³-hybridized carbons (Fsp3) is 0.600. The fourth-order valence-corrected chi connectivity index (χ4v) is 1.91. The van der Waals surface area contributed by atoms with Crippen LogP contribution >= 0.6 is 0 Å². The quantitative estimate of drug-likeness (QED) is 0.783. The minimum absolute atomic E-state index is 0.218. The smallest absolute Gasteiger partial charge is 0.0606 e. The molecule has 0 bridgehead atoms. The average Bonchev–Trinajstić information content (AvgIpc) is 2.34. The van der Waals surface area contributed by atoms with Crippen LogP contribution in [0.15, 0.2) is 24.3 Å². The van der Waals surface area contributed by atoms with Crippen molar-refractivity contribution in [3.8, 4) is 0 Å². The molecule has 0 aromatic heterocycles. The van der Waals surface area contributed by atoms with E-state index in [9.17, 15) is 0 Å². The zero-order valence-electron chi connectivity index (χ0n) is 11.3. The van der Waals surface area contributed by atoms with Crippen molar-refractivity contribution in [3.05, 3.63) is 29.8 Å². The average molecular weight is 235 g/mol. The van der Waals surface area contributed by atoms with Crippen LogP contribution in [0, 0.1) is 0 Å². The highest BCUT2D eigenvalue weighted by Crippen LogP contribution is 2.20. The first-order valence-corrected chi connectivity index (χ1v) is 6.64. The molecule has 1 aromatic carbocycles. The second-order valence-corrected chi connectivity index (χ2v) is 4.81. The molecule has 2 heteroatoms. The van der Waals surface area contributed by atoms with E-state index in [0.717, 1.165) is 13.1 Å². The van der Waals surface area contributed by atoms with Gasteiger partial charge in [-0.2, -0.15) is 0 Å². The number of aliphatic hydroxyl groups excluding tert-OH is 1. The SMILES string of the molecule is CCCCN(CCO)c1ccc(C(C)C)cc1. The molecule has 0 aliphatic heterocycles. The van der Waals surface area contributed by atoms with E-state index in [2.05, 4.69) is 49.9 Å². The van der Waals surface area contributed by atoms with Crippen molar-refractivity contribution in [2.75, 3.05) is 24.6 Å². The molecule has 0 amide bonds. The Morgan fingerprint density at radius 1 is 1.12 bits per heavy atom. The first-order valence-electron chi connectivity index (χ1n) is 6.64. The molecule has 0 aliphatic carbocycles. The third-order valence-electron chi connectivity index (χ3n) is 3.08. The van der Waals surface area contributed by atoms with E-state index in [0.29, 0.717) is 5.92 Å². The van der Waals surface area contributed by atoms with E-state index in [1.807, 2.05) is 0 Å². The van der Waals surface area contributed by atoms with Crippen molar-refractivity contribution in [2.45, 2.75) is 39.5 Å². The third kappa shape index (κ3) is 4.39. The van der Waals surface area contributed by atoms with Crippen molar-refractivity contribution in [1.29, 1.82) is 0 Å². The van der Waals surface area contributed by atoms with Gasteiger partial charge in [-0.1, -0.05) is 39.3 Å². The van der Waals surface area contributed by atoms with Gasteiger partial charge in [-0.05, 0) is 30.0 Å². The summed E-state index contributed by atoms with van der Waals surface area (Å²) in [6.45, 7) is 8.57. The van der Waals surface area contributed by atoms with Gasteiger partial charge in [0, 0.05) is 18.8 Å². The van der Waals surface area contributed by atoms with E-state index in [-0.39, 0.29) is 6.61 Å². The predicted molar refractivity (Wildman–Crippen MR) is 74.7 cm³/mol. The van der Waals surface area contributed by atoms with E-state index in [4.69, 9.17) is 5.11 Å². The minimum Gasteiger partial charge on any atom is -0.395 e. The molecule has 0 unspecified atom stereocenters. The van der Waals surface area contributed by atoms with Gasteiger partial charge in [0.15, 0.2) is 0 Å². The highest BCUT2D eigenvalue weighted by molar-refractivity contribution is 5.48. The van der Waals surface area contributed by atoms with Gasteiger partial charge < -0.3 is 10.0 Å². The molecular formula is C15H25NO. The predicted octanol–water partition coefficient (Wildman–Crippen LogP) is 3.41. The molecule has 0 heterocycles. The third-order valence-corrected chi connectivity index (χ3v) is 3.08. The van der Waals surface area contributed by atoms with Gasteiger partial charge in [0.25, 0.3) is 0 Å². The maximum absolute atomic E-state index is 9.10. The van der Waals surface area contributed by atoms with Crippen molar-refractivity contribution in [3.63, 3.8) is 0 Å². The van der Waals surface area contributed by atoms with Gasteiger partial charge >= 0.3 is 0 Å². The Hall–Kier alpha value is -1.02. The van der Waals surface area contributed by atoms with Crippen LogP contribution in [0.5, 0.6) is 0 Å². The number of unbranched alkanes of at least 4 members (excludes halogenated alkanes) is 1. The van der Waals surface area contributed by atoms with Crippen LogP contribution in [0.3, 0.4) is 0 Å². The number of aliphatic hydroxyl groups is 1. The Bertz CT molecular complexity index is 305. The van der Waals surface area contributed by atoms with Crippen molar-refractivity contribution in [2.24, 2.45) is 0 Å². The molecule has 0 atom stereocenters. The summed E-state index contributed by atoms with van der Waals surface area (Å²) in [5.74, 6) is 0.575. The van der Waals surface area contributed by atoms with Gasteiger partial charge in [0.05, 0.1) is 6.61 Å². The van der Waals surface area contributed by atoms with Crippen LogP contribution in [0.4, 0.5) is 5.69 Å². The van der Waals surface area contributed by atoms with Crippen LogP contribution in [-0.4, -0.2) is 24.8 Å². The molecular weight excluding hydrogens is 210 g/mol. The number of hydrogen-bond acceptors (Lipinski definition) is 2. The summed E-state index contributed by atoms with van der Waals surface area (Å²) in [5, 5.41) is 9.10. The van der Waals surface area contributed by atoms with E-state index in [1.165, 1.54) is 24.1 Å². The van der Waals surface area contributed by atoms with E-state index >= 15 is 0 Å². The van der Waals surface area contributed by atoms with Crippen LogP contribution in [0.2, 0.25) is 0 Å². The summed E-state index contributed by atoms with van der Waals surface area (Å²) in [6, 6.07) is 8.72. The highest BCUT2D eigenvalue weighted by Gasteiger charge is 2.06. The molecule has 2 nitrogen and oxygen atoms in total. The first kappa shape index (κ1) is 14.0. The molecule has 1 aromatic rings. The van der Waals surface area contributed by atoms with Crippen molar-refractivity contribution >= 4 is 5.69 Å². The molecule has 96 valence electrons. The van der Waals surface area contributed by atoms with Gasteiger partial charge in [-0.25, -0.2) is 0 Å². The number of nitrogens with zero attached hydrogens (tertiary/aromatic N) is 1. The lowest BCUT2D eigenvalue weighted by atomic mass is 10.0. The summed E-state index contributed by atoms with van der Waals surface area (Å²) in [7, 11) is 0. The number of hydrogen-bond donors (Lipinski definition) is 1. The van der Waals surface area contributed by atoms with Gasteiger partial charge in [0.2, 0.25) is 0 Å². The minimum atomic E-state index is 0.218. The summed E-state index contributed by atoms with van der Waals surface area (Å²) < 4.78 is 0. The Morgan fingerprint density at radius 3 is 2.24 bits per heavy atom. The zero-order chi connectivity index (χ0) is 12.7. The van der Waals surface area contributed by atoms with E-state index in [1.54, 1.807) is 0 Å². The van der Waals surface area contributed by atoms with Gasteiger partial charge in [0.1, 0.15) is 0 Å². The number of rotatable bonds is 7. The standard InChI is InChI=1S/C15H25NO/c1-4-5-10-16(11-12-17)15-8-6-14(7-9-15)13(2)3/h6-9,13,17H,4-5,10-12H2,1-3H3. The largest absolute Gasteiger partial charge is 0.395 e. The normalized spacial score (nSPS) is 10.9. The Balaban J connectivity index is 2.72. The van der Waals surface area contributed by atoms with Crippen molar-refractivity contribution in [1.82, 2.24) is 0 Å². The van der Waals surface area contributed by atoms with E-state index < -0.39 is 0 Å². The maximum Gasteiger partial charge on any atom is 0.0606 e. The van der Waals surface area contributed by atoms with Gasteiger partial charge in [-0.15, -0.1) is 0 Å². The zero-order valence-corrected chi connectivity index (χ0v) is 11.3. The second kappa shape index (κ2) is 7.33. The van der Waals surface area contributed by atoms with Crippen LogP contribution < -0.4 is 4.90 Å². The summed E-state index contributed by atoms with van der Waals surface area (Å²) >= 11 is 0. The highest BCUT2D eigenvalue weighted by atomic mass is 16.3. The van der Waals surface area contributed by atoms with Crippen molar-refractivity contribution < 1.29 is 5.11 Å². The molecule has 0 fully saturated rings. The fourth-order valence-electron chi connectivity index (χ4n) is 1.91. The lowest BCUT2D eigenvalue weighted by Gasteiger charge is -2.24. The molecule has 1 rings (SSSR count). The Labute approximate surface area is 105 Å². The van der Waals surface area contributed by atoms with Crippen LogP contribution in [-0.2, 0) is 0 Å². The molecule has 1 N–H and O–H groups in total. The summed E-state index contributed by atoms with van der Waals surface area (Å²) in [6.07, 6.45) is 2.36. The Kier molecular flexibility index (Phi) is 6.06. The molecule has 0 saturated carbocycles.